The van der Waals surface area contributed by atoms with Crippen molar-refractivity contribution in [3.05, 3.63) is 12.0 Å². The van der Waals surface area contributed by atoms with Crippen molar-refractivity contribution in [2.75, 3.05) is 26.2 Å². The van der Waals surface area contributed by atoms with E-state index in [-0.39, 0.29) is 12.4 Å². The van der Waals surface area contributed by atoms with Gasteiger partial charge in [-0.05, 0) is 62.9 Å². The molecule has 146 valence electrons. The first-order valence-electron chi connectivity index (χ1n) is 10.7. The Labute approximate surface area is 164 Å². The number of hydrogen-bond acceptors (Lipinski definition) is 4. The maximum atomic E-state index is 6.13. The van der Waals surface area contributed by atoms with Crippen LogP contribution in [0.3, 0.4) is 0 Å². The summed E-state index contributed by atoms with van der Waals surface area (Å²) in [4.78, 5) is 2.67. The molecule has 0 aromatic heterocycles. The van der Waals surface area contributed by atoms with Crippen LogP contribution in [-0.4, -0.2) is 41.2 Å². The van der Waals surface area contributed by atoms with E-state index < -0.39 is 0 Å². The molecule has 5 fully saturated rings. The molecule has 1 atom stereocenters. The molecular formula is C20H35ClN5+. The fourth-order valence-corrected chi connectivity index (χ4v) is 7.17. The average Bonchev–Trinajstić information content (AvgIpc) is 2.79. The summed E-state index contributed by atoms with van der Waals surface area (Å²) in [5.41, 5.74) is 6.43. The van der Waals surface area contributed by atoms with E-state index in [0.29, 0.717) is 11.4 Å². The van der Waals surface area contributed by atoms with E-state index >= 15 is 0 Å². The van der Waals surface area contributed by atoms with E-state index in [2.05, 4.69) is 16.2 Å². The first kappa shape index (κ1) is 18.7. The lowest BCUT2D eigenvalue weighted by Crippen LogP contribution is -2.66. The van der Waals surface area contributed by atoms with Crippen LogP contribution in [-0.2, 0) is 0 Å². The van der Waals surface area contributed by atoms with Crippen LogP contribution in [0.5, 0.6) is 0 Å². The molecule has 6 aliphatic rings. The highest BCUT2D eigenvalue weighted by Gasteiger charge is 2.63. The Bertz CT molecular complexity index is 545. The van der Waals surface area contributed by atoms with Crippen molar-refractivity contribution in [3.8, 4) is 0 Å². The maximum Gasteiger partial charge on any atom is 0.207 e. The molecule has 26 heavy (non-hydrogen) atoms. The molecule has 2 aliphatic heterocycles. The standard InChI is InChI=1S/C20H34N5.ClH/c21-19-15-25(23-22-19,8-7-24-5-3-1-2-4-6-24)20-12-16-9-17(13-20)11-18(10-16)14-20;/h15-18H,1-14,21H2;1H/q+1;. The van der Waals surface area contributed by atoms with Gasteiger partial charge in [0.2, 0.25) is 5.82 Å². The fraction of sp³-hybridized carbons (Fsp3) is 0.900. The quantitative estimate of drug-likeness (QED) is 0.743. The van der Waals surface area contributed by atoms with Gasteiger partial charge < -0.3 is 5.73 Å². The zero-order valence-corrected chi connectivity index (χ0v) is 16.8. The van der Waals surface area contributed by atoms with Crippen LogP contribution >= 0.6 is 12.4 Å². The number of rotatable bonds is 4. The van der Waals surface area contributed by atoms with Gasteiger partial charge in [-0.15, -0.1) is 17.0 Å². The van der Waals surface area contributed by atoms with Gasteiger partial charge in [0.1, 0.15) is 12.1 Å². The Kier molecular flexibility index (Phi) is 5.08. The van der Waals surface area contributed by atoms with Crippen molar-refractivity contribution in [2.45, 2.75) is 69.7 Å². The summed E-state index contributed by atoms with van der Waals surface area (Å²) < 4.78 is 0.721. The third-order valence-electron chi connectivity index (χ3n) is 7.95. The number of nitrogens with two attached hydrogens (primary N) is 1. The van der Waals surface area contributed by atoms with Crippen molar-refractivity contribution in [3.63, 3.8) is 0 Å². The number of halogens is 1. The molecule has 0 spiro atoms. The monoisotopic (exact) mass is 380 g/mol. The van der Waals surface area contributed by atoms with Gasteiger partial charge in [0.05, 0.1) is 6.54 Å². The predicted octanol–water partition coefficient (Wildman–Crippen LogP) is 4.21. The number of quaternary nitrogens is 1. The minimum absolute atomic E-state index is 0. The molecule has 0 aromatic rings. The van der Waals surface area contributed by atoms with E-state index in [1.165, 1.54) is 77.3 Å². The van der Waals surface area contributed by atoms with Gasteiger partial charge in [-0.25, -0.2) is 0 Å². The van der Waals surface area contributed by atoms with Crippen molar-refractivity contribution in [1.82, 2.24) is 4.90 Å². The average molecular weight is 381 g/mol. The van der Waals surface area contributed by atoms with Gasteiger partial charge in [0.15, 0.2) is 6.20 Å². The first-order chi connectivity index (χ1) is 12.2. The molecule has 6 heteroatoms. The van der Waals surface area contributed by atoms with Gasteiger partial charge in [-0.1, -0.05) is 18.0 Å². The Hall–Kier alpha value is -0.650. The molecule has 4 aliphatic carbocycles. The van der Waals surface area contributed by atoms with Gasteiger partial charge in [-0.3, -0.25) is 4.90 Å². The third kappa shape index (κ3) is 3.10. The molecule has 4 saturated carbocycles. The highest BCUT2D eigenvalue weighted by atomic mass is 35.5. The maximum absolute atomic E-state index is 6.13. The van der Waals surface area contributed by atoms with Gasteiger partial charge >= 0.3 is 0 Å². The topological polar surface area (TPSA) is 54.0 Å². The molecule has 2 heterocycles. The van der Waals surface area contributed by atoms with E-state index in [0.717, 1.165) is 35.4 Å². The normalized spacial score (nSPS) is 44.6. The Balaban J connectivity index is 0.00000168. The van der Waals surface area contributed by atoms with Gasteiger partial charge in [0.25, 0.3) is 0 Å². The van der Waals surface area contributed by atoms with Crippen LogP contribution in [0.25, 0.3) is 0 Å². The zero-order valence-electron chi connectivity index (χ0n) is 16.0. The predicted molar refractivity (Wildman–Crippen MR) is 105 cm³/mol. The SMILES string of the molecule is Cl.NC1=C[N+](CCN2CCCCCC2)(C23CC4CC(CC(C4)C2)C3)N=N1. The summed E-state index contributed by atoms with van der Waals surface area (Å²) in [5, 5.41) is 9.21. The minimum atomic E-state index is 0. The summed E-state index contributed by atoms with van der Waals surface area (Å²) in [7, 11) is 0. The Morgan fingerprint density at radius 1 is 1.00 bits per heavy atom. The second-order valence-electron chi connectivity index (χ2n) is 9.69. The molecule has 0 radical (unpaired) electrons. The molecule has 1 unspecified atom stereocenters. The highest BCUT2D eigenvalue weighted by Crippen LogP contribution is 2.60. The van der Waals surface area contributed by atoms with Crippen LogP contribution in [0.1, 0.15) is 64.2 Å². The highest BCUT2D eigenvalue weighted by molar-refractivity contribution is 5.85. The van der Waals surface area contributed by atoms with Gasteiger partial charge in [-0.2, -0.15) is 0 Å². The molecular weight excluding hydrogens is 346 g/mol. The van der Waals surface area contributed by atoms with Crippen LogP contribution in [0.15, 0.2) is 22.4 Å². The van der Waals surface area contributed by atoms with E-state index in [9.17, 15) is 0 Å². The molecule has 5 nitrogen and oxygen atoms in total. The lowest BCUT2D eigenvalue weighted by atomic mass is 9.52. The summed E-state index contributed by atoms with van der Waals surface area (Å²) in [6, 6.07) is 0. The van der Waals surface area contributed by atoms with Crippen molar-refractivity contribution in [2.24, 2.45) is 33.8 Å². The van der Waals surface area contributed by atoms with Crippen molar-refractivity contribution >= 4 is 12.4 Å². The molecule has 6 rings (SSSR count). The number of hydrogen-bond donors (Lipinski definition) is 1. The second-order valence-corrected chi connectivity index (χ2v) is 9.69. The van der Waals surface area contributed by atoms with Crippen LogP contribution in [0.4, 0.5) is 0 Å². The summed E-state index contributed by atoms with van der Waals surface area (Å²) in [6.45, 7) is 4.73. The summed E-state index contributed by atoms with van der Waals surface area (Å²) in [6.07, 6.45) is 16.2. The van der Waals surface area contributed by atoms with Crippen LogP contribution in [0, 0.1) is 17.8 Å². The summed E-state index contributed by atoms with van der Waals surface area (Å²) in [5.74, 6) is 3.45. The molecule has 4 bridgehead atoms. The van der Waals surface area contributed by atoms with Crippen LogP contribution < -0.4 is 5.73 Å². The fourth-order valence-electron chi connectivity index (χ4n) is 7.17. The molecule has 1 saturated heterocycles. The molecule has 2 N–H and O–H groups in total. The lowest BCUT2D eigenvalue weighted by molar-refractivity contribution is -0.944. The number of nitrogens with zero attached hydrogens (tertiary/aromatic N) is 4. The largest absolute Gasteiger partial charge is 0.378 e. The van der Waals surface area contributed by atoms with E-state index in [1.54, 1.807) is 0 Å². The first-order valence-corrected chi connectivity index (χ1v) is 10.7. The van der Waals surface area contributed by atoms with Crippen LogP contribution in [0.2, 0.25) is 0 Å². The molecule has 0 amide bonds. The smallest absolute Gasteiger partial charge is 0.207 e. The van der Waals surface area contributed by atoms with Crippen molar-refractivity contribution in [1.29, 1.82) is 0 Å². The summed E-state index contributed by atoms with van der Waals surface area (Å²) >= 11 is 0. The van der Waals surface area contributed by atoms with Gasteiger partial charge in [0, 0.05) is 24.5 Å². The second kappa shape index (κ2) is 7.06. The number of likely N-dealkylation sites (tertiary alicyclic amines) is 1. The lowest BCUT2D eigenvalue weighted by Gasteiger charge is -2.59. The third-order valence-corrected chi connectivity index (χ3v) is 7.95. The Morgan fingerprint density at radius 2 is 1.58 bits per heavy atom. The Morgan fingerprint density at radius 3 is 2.08 bits per heavy atom. The minimum Gasteiger partial charge on any atom is -0.378 e. The van der Waals surface area contributed by atoms with E-state index in [4.69, 9.17) is 11.0 Å². The molecule has 0 aromatic carbocycles. The zero-order chi connectivity index (χ0) is 16.9. The van der Waals surface area contributed by atoms with Crippen molar-refractivity contribution < 1.29 is 4.59 Å². The van der Waals surface area contributed by atoms with E-state index in [1.807, 2.05) is 0 Å².